The molecule has 4 rings (SSSR count). The first-order valence-electron chi connectivity index (χ1n) is 8.34. The lowest BCUT2D eigenvalue weighted by atomic mass is 10.2. The summed E-state index contributed by atoms with van der Waals surface area (Å²) < 4.78 is 0. The number of halogens is 1. The van der Waals surface area contributed by atoms with Gasteiger partial charge in [-0.05, 0) is 54.1 Å². The molecule has 0 aliphatic rings. The molecule has 132 valence electrons. The van der Waals surface area contributed by atoms with Gasteiger partial charge < -0.3 is 5.32 Å². The van der Waals surface area contributed by atoms with Crippen molar-refractivity contribution in [2.24, 2.45) is 0 Å². The van der Waals surface area contributed by atoms with E-state index in [0.29, 0.717) is 16.2 Å². The fourth-order valence-electron chi connectivity index (χ4n) is 2.60. The topological polar surface area (TPSA) is 59.8 Å². The van der Waals surface area contributed by atoms with E-state index < -0.39 is 0 Å². The van der Waals surface area contributed by atoms with Crippen LogP contribution >= 0.6 is 11.6 Å². The summed E-state index contributed by atoms with van der Waals surface area (Å²) in [6.07, 6.45) is 3.21. The Morgan fingerprint density at radius 2 is 1.67 bits per heavy atom. The zero-order valence-electron chi connectivity index (χ0n) is 14.2. The SMILES string of the molecule is O=C(/C=C/c1ccc(Cl)cc1)Nc1ccc2nn(-c3ccccc3)nc2c1. The highest BCUT2D eigenvalue weighted by molar-refractivity contribution is 6.30. The van der Waals surface area contributed by atoms with E-state index >= 15 is 0 Å². The lowest BCUT2D eigenvalue weighted by Crippen LogP contribution is -2.07. The molecular weight excluding hydrogens is 360 g/mol. The van der Waals surface area contributed by atoms with E-state index in [-0.39, 0.29) is 5.91 Å². The molecule has 3 aromatic carbocycles. The van der Waals surface area contributed by atoms with Crippen molar-refractivity contribution in [3.8, 4) is 5.69 Å². The molecule has 1 amide bonds. The molecule has 0 unspecified atom stereocenters. The van der Waals surface area contributed by atoms with E-state index in [1.165, 1.54) is 6.08 Å². The first kappa shape index (κ1) is 17.0. The zero-order valence-corrected chi connectivity index (χ0v) is 15.0. The molecule has 6 heteroatoms. The van der Waals surface area contributed by atoms with Gasteiger partial charge in [-0.1, -0.05) is 41.9 Å². The lowest BCUT2D eigenvalue weighted by Gasteiger charge is -2.01. The summed E-state index contributed by atoms with van der Waals surface area (Å²) in [6.45, 7) is 0. The van der Waals surface area contributed by atoms with Gasteiger partial charge in [0.05, 0.1) is 5.69 Å². The first-order chi connectivity index (χ1) is 13.2. The highest BCUT2D eigenvalue weighted by Gasteiger charge is 2.06. The summed E-state index contributed by atoms with van der Waals surface area (Å²) in [4.78, 5) is 13.7. The van der Waals surface area contributed by atoms with Gasteiger partial charge in [-0.3, -0.25) is 4.79 Å². The summed E-state index contributed by atoms with van der Waals surface area (Å²) in [7, 11) is 0. The average Bonchev–Trinajstić information content (AvgIpc) is 3.12. The number of aromatic nitrogens is 3. The van der Waals surface area contributed by atoms with E-state index in [0.717, 1.165) is 16.8 Å². The zero-order chi connectivity index (χ0) is 18.6. The highest BCUT2D eigenvalue weighted by Crippen LogP contribution is 2.18. The second kappa shape index (κ2) is 7.43. The Kier molecular flexibility index (Phi) is 4.68. The minimum Gasteiger partial charge on any atom is -0.322 e. The van der Waals surface area contributed by atoms with Crippen LogP contribution in [0.15, 0.2) is 78.9 Å². The molecule has 0 aliphatic carbocycles. The largest absolute Gasteiger partial charge is 0.322 e. The minimum atomic E-state index is -0.222. The van der Waals surface area contributed by atoms with Crippen LogP contribution in [0, 0.1) is 0 Å². The maximum absolute atomic E-state index is 12.2. The molecule has 0 spiro atoms. The Morgan fingerprint density at radius 3 is 2.44 bits per heavy atom. The van der Waals surface area contributed by atoms with Crippen LogP contribution in [0.5, 0.6) is 0 Å². The smallest absolute Gasteiger partial charge is 0.248 e. The maximum Gasteiger partial charge on any atom is 0.248 e. The van der Waals surface area contributed by atoms with Crippen molar-refractivity contribution in [2.45, 2.75) is 0 Å². The summed E-state index contributed by atoms with van der Waals surface area (Å²) in [5.74, 6) is -0.222. The molecule has 27 heavy (non-hydrogen) atoms. The monoisotopic (exact) mass is 374 g/mol. The normalized spacial score (nSPS) is 11.1. The van der Waals surface area contributed by atoms with Crippen LogP contribution in [-0.4, -0.2) is 20.9 Å². The van der Waals surface area contributed by atoms with Crippen LogP contribution < -0.4 is 5.32 Å². The van der Waals surface area contributed by atoms with Crippen molar-refractivity contribution in [1.82, 2.24) is 15.0 Å². The van der Waals surface area contributed by atoms with E-state index in [1.807, 2.05) is 48.5 Å². The standard InChI is InChI=1S/C21H15ClN4O/c22-16-9-6-15(7-10-16)8-13-21(27)23-17-11-12-19-20(14-17)25-26(24-19)18-4-2-1-3-5-18/h1-14H,(H,23,27)/b13-8+. The van der Waals surface area contributed by atoms with Gasteiger partial charge in [-0.25, -0.2) is 0 Å². The van der Waals surface area contributed by atoms with Gasteiger partial charge in [0.1, 0.15) is 11.0 Å². The number of hydrogen-bond acceptors (Lipinski definition) is 3. The number of fused-ring (bicyclic) bond motifs is 1. The van der Waals surface area contributed by atoms with E-state index in [4.69, 9.17) is 11.6 Å². The van der Waals surface area contributed by atoms with Gasteiger partial charge in [0.25, 0.3) is 0 Å². The van der Waals surface area contributed by atoms with E-state index in [1.54, 1.807) is 35.1 Å². The molecule has 0 radical (unpaired) electrons. The van der Waals surface area contributed by atoms with Crippen LogP contribution in [0.4, 0.5) is 5.69 Å². The van der Waals surface area contributed by atoms with Crippen LogP contribution in [-0.2, 0) is 4.79 Å². The van der Waals surface area contributed by atoms with Crippen molar-refractivity contribution < 1.29 is 4.79 Å². The molecular formula is C21H15ClN4O. The Morgan fingerprint density at radius 1 is 0.926 bits per heavy atom. The minimum absolute atomic E-state index is 0.222. The number of amides is 1. The Hall–Kier alpha value is -3.44. The van der Waals surface area contributed by atoms with Gasteiger partial charge in [-0.2, -0.15) is 4.80 Å². The van der Waals surface area contributed by atoms with E-state index in [9.17, 15) is 4.79 Å². The van der Waals surface area contributed by atoms with Crippen LogP contribution in [0.25, 0.3) is 22.8 Å². The molecule has 1 aromatic heterocycles. The van der Waals surface area contributed by atoms with Gasteiger partial charge >= 0.3 is 0 Å². The lowest BCUT2D eigenvalue weighted by molar-refractivity contribution is -0.111. The molecule has 0 bridgehead atoms. The molecule has 1 N–H and O–H groups in total. The van der Waals surface area contributed by atoms with Gasteiger partial charge in [0.2, 0.25) is 5.91 Å². The van der Waals surface area contributed by atoms with Crippen LogP contribution in [0.3, 0.4) is 0 Å². The molecule has 0 saturated heterocycles. The average molecular weight is 375 g/mol. The van der Waals surface area contributed by atoms with Crippen molar-refractivity contribution in [3.63, 3.8) is 0 Å². The third-order valence-corrected chi connectivity index (χ3v) is 4.18. The fraction of sp³-hybridized carbons (Fsp3) is 0. The summed E-state index contributed by atoms with van der Waals surface area (Å²) in [5.41, 5.74) is 3.90. The molecule has 4 aromatic rings. The van der Waals surface area contributed by atoms with Crippen molar-refractivity contribution >= 4 is 40.3 Å². The number of carbonyl (C=O) groups excluding carboxylic acids is 1. The summed E-state index contributed by atoms with van der Waals surface area (Å²) in [6, 6.07) is 22.4. The molecule has 0 saturated carbocycles. The first-order valence-corrected chi connectivity index (χ1v) is 8.72. The maximum atomic E-state index is 12.2. The van der Waals surface area contributed by atoms with Gasteiger partial charge in [0.15, 0.2) is 0 Å². The second-order valence-corrected chi connectivity index (χ2v) is 6.34. The predicted molar refractivity (Wildman–Crippen MR) is 108 cm³/mol. The van der Waals surface area contributed by atoms with Gasteiger partial charge in [0, 0.05) is 16.8 Å². The number of anilines is 1. The van der Waals surface area contributed by atoms with Crippen LogP contribution in [0.1, 0.15) is 5.56 Å². The van der Waals surface area contributed by atoms with E-state index in [2.05, 4.69) is 15.5 Å². The molecule has 5 nitrogen and oxygen atoms in total. The van der Waals surface area contributed by atoms with Crippen molar-refractivity contribution in [1.29, 1.82) is 0 Å². The quantitative estimate of drug-likeness (QED) is 0.525. The van der Waals surface area contributed by atoms with Crippen molar-refractivity contribution in [2.75, 3.05) is 5.32 Å². The second-order valence-electron chi connectivity index (χ2n) is 5.90. The molecule has 1 heterocycles. The third-order valence-electron chi connectivity index (χ3n) is 3.93. The number of rotatable bonds is 4. The molecule has 0 aliphatic heterocycles. The highest BCUT2D eigenvalue weighted by atomic mass is 35.5. The number of nitrogens with one attached hydrogen (secondary N) is 1. The number of nitrogens with zero attached hydrogens (tertiary/aromatic N) is 3. The summed E-state index contributed by atoms with van der Waals surface area (Å²) in [5, 5.41) is 12.4. The third kappa shape index (κ3) is 4.04. The predicted octanol–water partition coefficient (Wildman–Crippen LogP) is 4.73. The number of benzene rings is 3. The Bertz CT molecular complexity index is 1120. The number of hydrogen-bond donors (Lipinski definition) is 1. The Labute approximate surface area is 160 Å². The number of para-hydroxylation sites is 1. The van der Waals surface area contributed by atoms with Crippen LogP contribution in [0.2, 0.25) is 5.02 Å². The van der Waals surface area contributed by atoms with Crippen molar-refractivity contribution in [3.05, 3.63) is 89.5 Å². The Balaban J connectivity index is 1.50. The number of carbonyl (C=O) groups is 1. The van der Waals surface area contributed by atoms with Gasteiger partial charge in [-0.15, -0.1) is 10.2 Å². The molecule has 0 fully saturated rings. The molecule has 0 atom stereocenters. The summed E-state index contributed by atoms with van der Waals surface area (Å²) >= 11 is 5.85. The fourth-order valence-corrected chi connectivity index (χ4v) is 2.72.